The van der Waals surface area contributed by atoms with Gasteiger partial charge in [-0.25, -0.2) is 9.13 Å². The summed E-state index contributed by atoms with van der Waals surface area (Å²) in [5.74, 6) is -5.98. The van der Waals surface area contributed by atoms with E-state index in [9.17, 15) is 22.0 Å². The molecule has 0 bridgehead atoms. The van der Waals surface area contributed by atoms with Gasteiger partial charge in [0.1, 0.15) is 0 Å². The van der Waals surface area contributed by atoms with E-state index in [0.717, 1.165) is 9.13 Å². The maximum absolute atomic E-state index is 13.5. The maximum Gasteiger partial charge on any atom is 0.466 e. The Kier molecular flexibility index (Phi) is 3.96. The first-order valence-electron chi connectivity index (χ1n) is 5.06. The fourth-order valence-corrected chi connectivity index (χ4v) is 2.03. The molecular weight excluding hydrogens is 335 g/mol. The van der Waals surface area contributed by atoms with Crippen LogP contribution >= 0.6 is 0 Å². The lowest BCUT2D eigenvalue weighted by molar-refractivity contribution is -0.667. The lowest BCUT2D eigenvalue weighted by Gasteiger charge is -2.16. The number of alkyl halides is 5. The van der Waals surface area contributed by atoms with Crippen LogP contribution in [0.5, 0.6) is 0 Å². The van der Waals surface area contributed by atoms with Gasteiger partial charge in [0.05, 0.1) is 14.1 Å². The summed E-state index contributed by atoms with van der Waals surface area (Å²) in [6.45, 7) is 0. The molecule has 0 aliphatic heterocycles. The molecule has 1 heterocycles. The third-order valence-corrected chi connectivity index (χ3v) is 2.88. The Morgan fingerprint density at radius 2 is 1.58 bits per heavy atom. The van der Waals surface area contributed by atoms with Gasteiger partial charge in [-0.2, -0.15) is 22.0 Å². The molecule has 0 radical (unpaired) electrons. The molecule has 2 aromatic rings. The van der Waals surface area contributed by atoms with Gasteiger partial charge in [0.25, 0.3) is 0 Å². The number of aryl methyl sites for hydroxylation is 2. The predicted octanol–water partition coefficient (Wildman–Crippen LogP) is -0.339. The number of fused-ring (bicyclic) bond motifs is 1. The molecule has 0 atom stereocenters. The first-order chi connectivity index (χ1) is 8.18. The van der Waals surface area contributed by atoms with E-state index in [-0.39, 0.29) is 17.0 Å². The number of aromatic nitrogens is 2. The molecule has 0 amide bonds. The summed E-state index contributed by atoms with van der Waals surface area (Å²) in [6, 6.07) is 6.15. The second kappa shape index (κ2) is 4.73. The van der Waals surface area contributed by atoms with Crippen LogP contribution in [0.3, 0.4) is 0 Å². The van der Waals surface area contributed by atoms with Crippen molar-refractivity contribution >= 4 is 11.0 Å². The van der Waals surface area contributed by atoms with Crippen LogP contribution in [0.1, 0.15) is 5.82 Å². The molecular formula is C11H10BrF5N2. The van der Waals surface area contributed by atoms with Crippen molar-refractivity contribution in [1.29, 1.82) is 0 Å². The van der Waals surface area contributed by atoms with E-state index < -0.39 is 17.9 Å². The van der Waals surface area contributed by atoms with E-state index in [1.165, 1.54) is 26.2 Å². The van der Waals surface area contributed by atoms with Crippen LogP contribution in [0.15, 0.2) is 24.3 Å². The van der Waals surface area contributed by atoms with Crippen molar-refractivity contribution in [2.24, 2.45) is 14.1 Å². The fraction of sp³-hybridized carbons (Fsp3) is 0.364. The highest BCUT2D eigenvalue weighted by Crippen LogP contribution is 2.43. The Hall–Kier alpha value is -1.18. The summed E-state index contributed by atoms with van der Waals surface area (Å²) >= 11 is 0. The van der Waals surface area contributed by atoms with E-state index in [4.69, 9.17) is 0 Å². The average Bonchev–Trinajstić information content (AvgIpc) is 2.51. The molecule has 2 nitrogen and oxygen atoms in total. The van der Waals surface area contributed by atoms with Gasteiger partial charge in [-0.1, -0.05) is 12.1 Å². The Morgan fingerprint density at radius 1 is 1.05 bits per heavy atom. The van der Waals surface area contributed by atoms with Gasteiger partial charge in [0.15, 0.2) is 11.0 Å². The lowest BCUT2D eigenvalue weighted by atomic mass is 10.3. The van der Waals surface area contributed by atoms with Gasteiger partial charge in [-0.15, -0.1) is 0 Å². The third-order valence-electron chi connectivity index (χ3n) is 2.88. The van der Waals surface area contributed by atoms with Crippen LogP contribution in [-0.4, -0.2) is 10.7 Å². The summed E-state index contributed by atoms with van der Waals surface area (Å²) < 4.78 is 65.9. The van der Waals surface area contributed by atoms with Gasteiger partial charge in [-0.3, -0.25) is 0 Å². The zero-order chi connectivity index (χ0) is 13.7. The Morgan fingerprint density at radius 3 is 2.05 bits per heavy atom. The summed E-state index contributed by atoms with van der Waals surface area (Å²) in [6.07, 6.45) is -5.62. The highest BCUT2D eigenvalue weighted by molar-refractivity contribution is 5.72. The molecule has 0 spiro atoms. The molecule has 0 fully saturated rings. The zero-order valence-electron chi connectivity index (χ0n) is 9.97. The first kappa shape index (κ1) is 15.9. The highest BCUT2D eigenvalue weighted by Gasteiger charge is 2.66. The molecule has 0 saturated heterocycles. The normalized spacial score (nSPS) is 12.6. The molecule has 1 aromatic carbocycles. The van der Waals surface area contributed by atoms with Crippen molar-refractivity contribution in [3.8, 4) is 0 Å². The molecule has 0 aliphatic carbocycles. The molecule has 0 saturated carbocycles. The van der Waals surface area contributed by atoms with Crippen molar-refractivity contribution in [2.45, 2.75) is 12.1 Å². The molecule has 19 heavy (non-hydrogen) atoms. The second-order valence-electron chi connectivity index (χ2n) is 4.00. The Labute approximate surface area is 116 Å². The minimum atomic E-state index is -5.62. The summed E-state index contributed by atoms with van der Waals surface area (Å²) in [5.41, 5.74) is 0.637. The van der Waals surface area contributed by atoms with Crippen LogP contribution in [0.25, 0.3) is 11.0 Å². The van der Waals surface area contributed by atoms with Crippen molar-refractivity contribution in [2.75, 3.05) is 0 Å². The predicted molar refractivity (Wildman–Crippen MR) is 54.0 cm³/mol. The van der Waals surface area contributed by atoms with Crippen molar-refractivity contribution in [3.63, 3.8) is 0 Å². The molecule has 0 unspecified atom stereocenters. The quantitative estimate of drug-likeness (QED) is 0.494. The minimum Gasteiger partial charge on any atom is -1.00 e. The number of nitrogens with zero attached hydrogens (tertiary/aromatic N) is 2. The molecule has 106 valence electrons. The molecule has 0 N–H and O–H groups in total. The van der Waals surface area contributed by atoms with E-state index in [1.807, 2.05) is 0 Å². The molecule has 1 aromatic heterocycles. The molecule has 0 aliphatic rings. The average molecular weight is 345 g/mol. The van der Waals surface area contributed by atoms with Gasteiger partial charge >= 0.3 is 17.9 Å². The van der Waals surface area contributed by atoms with E-state index in [0.29, 0.717) is 11.0 Å². The second-order valence-corrected chi connectivity index (χ2v) is 4.00. The number of para-hydroxylation sites is 2. The number of imidazole rings is 1. The van der Waals surface area contributed by atoms with Gasteiger partial charge < -0.3 is 17.0 Å². The smallest absolute Gasteiger partial charge is 0.466 e. The summed E-state index contributed by atoms with van der Waals surface area (Å²) in [5, 5.41) is 0. The van der Waals surface area contributed by atoms with E-state index in [1.54, 1.807) is 12.1 Å². The number of halogens is 6. The van der Waals surface area contributed by atoms with Gasteiger partial charge in [0.2, 0.25) is 0 Å². The third kappa shape index (κ3) is 2.22. The molecule has 8 heteroatoms. The topological polar surface area (TPSA) is 8.81 Å². The van der Waals surface area contributed by atoms with Crippen molar-refractivity contribution in [1.82, 2.24) is 4.57 Å². The molecule has 2 rings (SSSR count). The number of hydrogen-bond donors (Lipinski definition) is 0. The van der Waals surface area contributed by atoms with Crippen LogP contribution < -0.4 is 21.5 Å². The fourth-order valence-electron chi connectivity index (χ4n) is 2.03. The van der Waals surface area contributed by atoms with Crippen LogP contribution in [-0.2, 0) is 20.0 Å². The monoisotopic (exact) mass is 344 g/mol. The minimum absolute atomic E-state index is 0. The zero-order valence-corrected chi connectivity index (χ0v) is 11.6. The van der Waals surface area contributed by atoms with Gasteiger partial charge in [0, 0.05) is 0 Å². The SMILES string of the molecule is Cn1c(C(F)(F)C(F)(F)F)[n+](C)c2ccccc21.[Br-]. The summed E-state index contributed by atoms with van der Waals surface area (Å²) in [4.78, 5) is 0. The van der Waals surface area contributed by atoms with Crippen LogP contribution in [0.4, 0.5) is 22.0 Å². The standard InChI is InChI=1S/C11H10F5N2.BrH/c1-17-7-5-3-4-6-8(7)18(2)9(17)10(12,13)11(14,15)16;/h3-6H,1-2H3;1H/q+1;/p-1. The largest absolute Gasteiger partial charge is 1.00 e. The van der Waals surface area contributed by atoms with Crippen molar-refractivity contribution in [3.05, 3.63) is 30.1 Å². The highest BCUT2D eigenvalue weighted by atomic mass is 79.9. The Balaban J connectivity index is 0.00000180. The maximum atomic E-state index is 13.5. The van der Waals surface area contributed by atoms with Crippen LogP contribution in [0.2, 0.25) is 0 Å². The number of hydrogen-bond acceptors (Lipinski definition) is 0. The van der Waals surface area contributed by atoms with E-state index in [2.05, 4.69) is 0 Å². The summed E-state index contributed by atoms with van der Waals surface area (Å²) in [7, 11) is 2.38. The number of rotatable bonds is 1. The van der Waals surface area contributed by atoms with Crippen molar-refractivity contribution < 1.29 is 43.5 Å². The lowest BCUT2D eigenvalue weighted by Crippen LogP contribution is -3.00. The van der Waals surface area contributed by atoms with Gasteiger partial charge in [-0.05, 0) is 12.1 Å². The first-order valence-corrected chi connectivity index (χ1v) is 5.06. The number of benzene rings is 1. The van der Waals surface area contributed by atoms with E-state index >= 15 is 0 Å². The van der Waals surface area contributed by atoms with Crippen LogP contribution in [0, 0.1) is 0 Å². The Bertz CT molecular complexity index is 564.